The summed E-state index contributed by atoms with van der Waals surface area (Å²) in [4.78, 5) is 11.2. The first-order valence-electron chi connectivity index (χ1n) is 4.23. The molecule has 0 bridgehead atoms. The van der Waals surface area contributed by atoms with Gasteiger partial charge in [0.2, 0.25) is 5.91 Å². The van der Waals surface area contributed by atoms with E-state index in [1.807, 2.05) is 0 Å². The third-order valence-electron chi connectivity index (χ3n) is 2.12. The van der Waals surface area contributed by atoms with E-state index >= 15 is 0 Å². The van der Waals surface area contributed by atoms with Crippen molar-refractivity contribution < 1.29 is 13.2 Å². The third kappa shape index (κ3) is 1.72. The maximum Gasteiger partial charge on any atom is 0.240 e. The Morgan fingerprint density at radius 2 is 2.07 bits per heavy atom. The van der Waals surface area contributed by atoms with Gasteiger partial charge < -0.3 is 5.32 Å². The molecular formula is C9H8ClNO3S. The highest BCUT2D eigenvalue weighted by Gasteiger charge is 2.30. The second-order valence-electron chi connectivity index (χ2n) is 3.43. The van der Waals surface area contributed by atoms with Gasteiger partial charge in [-0.05, 0) is 24.6 Å². The molecule has 0 saturated carbocycles. The Balaban J connectivity index is 2.78. The molecule has 0 radical (unpaired) electrons. The fraction of sp³-hybridized carbons (Fsp3) is 0.222. The Morgan fingerprint density at radius 3 is 2.73 bits per heavy atom. The molecule has 1 aromatic rings. The van der Waals surface area contributed by atoms with Crippen LogP contribution >= 0.6 is 11.6 Å². The number of sulfone groups is 1. The predicted molar refractivity (Wildman–Crippen MR) is 56.9 cm³/mol. The van der Waals surface area contributed by atoms with Gasteiger partial charge in [0.05, 0.1) is 15.6 Å². The number of hydrogen-bond donors (Lipinski definition) is 1. The molecule has 0 atom stereocenters. The van der Waals surface area contributed by atoms with Crippen LogP contribution in [0.5, 0.6) is 0 Å². The van der Waals surface area contributed by atoms with E-state index < -0.39 is 21.5 Å². The zero-order valence-electron chi connectivity index (χ0n) is 7.87. The summed E-state index contributed by atoms with van der Waals surface area (Å²) >= 11 is 5.86. The zero-order valence-corrected chi connectivity index (χ0v) is 9.45. The first-order chi connectivity index (χ1) is 6.90. The summed E-state index contributed by atoms with van der Waals surface area (Å²) < 4.78 is 23.3. The van der Waals surface area contributed by atoms with Crippen LogP contribution in [-0.4, -0.2) is 20.1 Å². The molecule has 0 unspecified atom stereocenters. The van der Waals surface area contributed by atoms with Gasteiger partial charge in [-0.25, -0.2) is 8.42 Å². The Morgan fingerprint density at radius 1 is 1.40 bits per heavy atom. The molecular weight excluding hydrogens is 238 g/mol. The lowest BCUT2D eigenvalue weighted by Crippen LogP contribution is -2.29. The van der Waals surface area contributed by atoms with Gasteiger partial charge >= 0.3 is 0 Å². The summed E-state index contributed by atoms with van der Waals surface area (Å²) in [5, 5.41) is 2.71. The lowest BCUT2D eigenvalue weighted by molar-refractivity contribution is -0.114. The van der Waals surface area contributed by atoms with Crippen LogP contribution in [0.1, 0.15) is 5.56 Å². The minimum Gasteiger partial charge on any atom is -0.323 e. The van der Waals surface area contributed by atoms with Crippen molar-refractivity contribution in [2.75, 3.05) is 11.1 Å². The van der Waals surface area contributed by atoms with Crippen LogP contribution in [-0.2, 0) is 14.6 Å². The largest absolute Gasteiger partial charge is 0.323 e. The normalized spacial score (nSPS) is 18.1. The second kappa shape index (κ2) is 3.21. The van der Waals surface area contributed by atoms with Crippen LogP contribution < -0.4 is 5.32 Å². The van der Waals surface area contributed by atoms with Gasteiger partial charge in [-0.15, -0.1) is 0 Å². The highest BCUT2D eigenvalue weighted by atomic mass is 35.5. The quantitative estimate of drug-likeness (QED) is 0.751. The molecule has 0 saturated heterocycles. The molecule has 1 heterocycles. The molecule has 1 aliphatic heterocycles. The number of carbonyl (C=O) groups is 1. The van der Waals surface area contributed by atoms with Gasteiger partial charge in [-0.1, -0.05) is 11.6 Å². The smallest absolute Gasteiger partial charge is 0.240 e. The van der Waals surface area contributed by atoms with Gasteiger partial charge in [-0.3, -0.25) is 4.79 Å². The van der Waals surface area contributed by atoms with Gasteiger partial charge in [-0.2, -0.15) is 0 Å². The molecule has 0 aliphatic carbocycles. The molecule has 0 spiro atoms. The second-order valence-corrected chi connectivity index (χ2v) is 5.79. The summed E-state index contributed by atoms with van der Waals surface area (Å²) in [5.41, 5.74) is 0.942. The zero-order chi connectivity index (χ0) is 11.2. The van der Waals surface area contributed by atoms with Crippen LogP contribution in [0.4, 0.5) is 5.69 Å². The van der Waals surface area contributed by atoms with Crippen LogP contribution in [0, 0.1) is 6.92 Å². The minimum absolute atomic E-state index is 0.104. The maximum atomic E-state index is 11.7. The van der Waals surface area contributed by atoms with Crippen molar-refractivity contribution in [3.8, 4) is 0 Å². The number of carbonyl (C=O) groups excluding carboxylic acids is 1. The van der Waals surface area contributed by atoms with E-state index in [2.05, 4.69) is 5.32 Å². The van der Waals surface area contributed by atoms with Crippen molar-refractivity contribution in [1.82, 2.24) is 0 Å². The summed E-state index contributed by atoms with van der Waals surface area (Å²) in [5.74, 6) is -1.06. The van der Waals surface area contributed by atoms with Crippen LogP contribution in [0.15, 0.2) is 17.0 Å². The fourth-order valence-electron chi connectivity index (χ4n) is 1.50. The van der Waals surface area contributed by atoms with E-state index in [4.69, 9.17) is 11.6 Å². The number of halogens is 1. The Kier molecular flexibility index (Phi) is 2.24. The Hall–Kier alpha value is -1.07. The maximum absolute atomic E-state index is 11.7. The van der Waals surface area contributed by atoms with Crippen molar-refractivity contribution in [3.05, 3.63) is 22.7 Å². The molecule has 6 heteroatoms. The van der Waals surface area contributed by atoms with Gasteiger partial charge in [0.1, 0.15) is 5.75 Å². The molecule has 0 aromatic heterocycles. The van der Waals surface area contributed by atoms with E-state index in [9.17, 15) is 13.2 Å². The van der Waals surface area contributed by atoms with Crippen molar-refractivity contribution in [2.24, 2.45) is 0 Å². The highest BCUT2D eigenvalue weighted by Crippen LogP contribution is 2.34. The number of fused-ring (bicyclic) bond motifs is 1. The number of nitrogens with one attached hydrogen (secondary N) is 1. The summed E-state index contributed by atoms with van der Waals surface area (Å²) in [6.07, 6.45) is 0. The monoisotopic (exact) mass is 245 g/mol. The molecule has 1 aliphatic rings. The Labute approximate surface area is 92.2 Å². The van der Waals surface area contributed by atoms with Gasteiger partial charge in [0.25, 0.3) is 0 Å². The number of anilines is 1. The molecule has 15 heavy (non-hydrogen) atoms. The third-order valence-corrected chi connectivity index (χ3v) is 4.05. The molecule has 2 rings (SSSR count). The Bertz CT molecular complexity index is 551. The average Bonchev–Trinajstić information content (AvgIpc) is 2.06. The molecule has 1 amide bonds. The van der Waals surface area contributed by atoms with Crippen LogP contribution in [0.2, 0.25) is 5.02 Å². The topological polar surface area (TPSA) is 63.2 Å². The van der Waals surface area contributed by atoms with E-state index in [1.54, 1.807) is 13.0 Å². The van der Waals surface area contributed by atoms with Crippen LogP contribution in [0.3, 0.4) is 0 Å². The summed E-state index contributed by atoms with van der Waals surface area (Å²) in [7, 11) is -3.53. The average molecular weight is 246 g/mol. The first-order valence-corrected chi connectivity index (χ1v) is 6.26. The minimum atomic E-state index is -3.53. The van der Waals surface area contributed by atoms with Gasteiger partial charge in [0, 0.05) is 0 Å². The van der Waals surface area contributed by atoms with Gasteiger partial charge in [0.15, 0.2) is 9.84 Å². The van der Waals surface area contributed by atoms with E-state index in [-0.39, 0.29) is 15.6 Å². The van der Waals surface area contributed by atoms with E-state index in [0.717, 1.165) is 5.56 Å². The summed E-state index contributed by atoms with van der Waals surface area (Å²) in [6.45, 7) is 1.75. The number of rotatable bonds is 0. The van der Waals surface area contributed by atoms with Crippen molar-refractivity contribution >= 4 is 33.0 Å². The standard InChI is InChI=1S/C9H8ClNO3S/c1-5-2-6(10)9-7(3-5)15(13,14)4-8(12)11-9/h2-3H,4H2,1H3,(H,11,12). The highest BCUT2D eigenvalue weighted by molar-refractivity contribution is 7.92. The van der Waals surface area contributed by atoms with Crippen molar-refractivity contribution in [3.63, 3.8) is 0 Å². The van der Waals surface area contributed by atoms with Crippen molar-refractivity contribution in [2.45, 2.75) is 11.8 Å². The fourth-order valence-corrected chi connectivity index (χ4v) is 3.29. The number of aryl methyl sites for hydroxylation is 1. The molecule has 0 fully saturated rings. The molecule has 1 aromatic carbocycles. The lowest BCUT2D eigenvalue weighted by Gasteiger charge is -2.18. The lowest BCUT2D eigenvalue weighted by atomic mass is 10.2. The number of amides is 1. The number of benzene rings is 1. The first kappa shape index (κ1) is 10.4. The van der Waals surface area contributed by atoms with Crippen LogP contribution in [0.25, 0.3) is 0 Å². The SMILES string of the molecule is Cc1cc(Cl)c2c(c1)S(=O)(=O)CC(=O)N2. The predicted octanol–water partition coefficient (Wildman–Crippen LogP) is 1.37. The van der Waals surface area contributed by atoms with Crippen molar-refractivity contribution in [1.29, 1.82) is 0 Å². The van der Waals surface area contributed by atoms with E-state index in [0.29, 0.717) is 0 Å². The summed E-state index contributed by atoms with van der Waals surface area (Å²) in [6, 6.07) is 3.12. The molecule has 4 nitrogen and oxygen atoms in total. The molecule has 80 valence electrons. The molecule has 1 N–H and O–H groups in total. The van der Waals surface area contributed by atoms with E-state index in [1.165, 1.54) is 6.07 Å². The number of hydrogen-bond acceptors (Lipinski definition) is 3.